The van der Waals surface area contributed by atoms with Crippen LogP contribution in [0.25, 0.3) is 0 Å². The monoisotopic (exact) mass is 305 g/mol. The number of likely N-dealkylation sites (N-methyl/N-ethyl adjacent to an activating group) is 1. The molecule has 2 fully saturated rings. The van der Waals surface area contributed by atoms with Crippen molar-refractivity contribution in [3.8, 4) is 0 Å². The molecule has 1 atom stereocenters. The topological polar surface area (TPSA) is 54.8 Å². The second-order valence-corrected chi connectivity index (χ2v) is 6.26. The van der Waals surface area contributed by atoms with Gasteiger partial charge >= 0.3 is 0 Å². The van der Waals surface area contributed by atoms with Crippen molar-refractivity contribution in [2.45, 2.75) is 32.7 Å². The highest BCUT2D eigenvalue weighted by Crippen LogP contribution is 2.27. The number of carbonyl (C=O) groups excluding carboxylic acids is 2. The van der Waals surface area contributed by atoms with Gasteiger partial charge in [-0.2, -0.15) is 0 Å². The first-order valence-electron chi connectivity index (χ1n) is 7.78. The van der Waals surface area contributed by atoms with E-state index in [0.717, 1.165) is 30.8 Å². The van der Waals surface area contributed by atoms with Gasteiger partial charge in [0.25, 0.3) is 5.91 Å². The SMILES string of the molecule is Cc1cc(C(=O)N2CC(=O)N(C)C2)c(C)n1C1CCCOC1. The van der Waals surface area contributed by atoms with Crippen LogP contribution in [0, 0.1) is 13.8 Å². The van der Waals surface area contributed by atoms with Crippen molar-refractivity contribution in [2.24, 2.45) is 0 Å². The lowest BCUT2D eigenvalue weighted by molar-refractivity contribution is -0.125. The largest absolute Gasteiger partial charge is 0.379 e. The Bertz CT molecular complexity index is 602. The molecule has 2 saturated heterocycles. The minimum atomic E-state index is -0.0613. The van der Waals surface area contributed by atoms with Gasteiger partial charge in [-0.1, -0.05) is 0 Å². The number of ether oxygens (including phenoxy) is 1. The zero-order valence-corrected chi connectivity index (χ0v) is 13.5. The van der Waals surface area contributed by atoms with Crippen LogP contribution in [-0.4, -0.2) is 59.7 Å². The van der Waals surface area contributed by atoms with E-state index < -0.39 is 0 Å². The van der Waals surface area contributed by atoms with Gasteiger partial charge in [0.1, 0.15) is 6.54 Å². The third-order valence-electron chi connectivity index (χ3n) is 4.64. The molecule has 1 unspecified atom stereocenters. The summed E-state index contributed by atoms with van der Waals surface area (Å²) >= 11 is 0. The predicted molar refractivity (Wildman–Crippen MR) is 81.7 cm³/mol. The molecule has 0 aromatic carbocycles. The molecule has 2 amide bonds. The number of carbonyl (C=O) groups is 2. The van der Waals surface area contributed by atoms with Crippen molar-refractivity contribution >= 4 is 11.8 Å². The molecular weight excluding hydrogens is 282 g/mol. The number of hydrogen-bond acceptors (Lipinski definition) is 3. The second kappa shape index (κ2) is 5.76. The highest BCUT2D eigenvalue weighted by molar-refractivity contribution is 5.99. The highest BCUT2D eigenvalue weighted by Gasteiger charge is 2.31. The van der Waals surface area contributed by atoms with E-state index in [9.17, 15) is 9.59 Å². The number of nitrogens with zero attached hydrogens (tertiary/aromatic N) is 3. The molecule has 0 spiro atoms. The van der Waals surface area contributed by atoms with Crippen molar-refractivity contribution in [1.29, 1.82) is 0 Å². The van der Waals surface area contributed by atoms with E-state index in [4.69, 9.17) is 4.74 Å². The summed E-state index contributed by atoms with van der Waals surface area (Å²) < 4.78 is 7.79. The van der Waals surface area contributed by atoms with E-state index in [2.05, 4.69) is 4.57 Å². The lowest BCUT2D eigenvalue weighted by Crippen LogP contribution is -2.30. The summed E-state index contributed by atoms with van der Waals surface area (Å²) in [4.78, 5) is 27.5. The maximum absolute atomic E-state index is 12.7. The molecule has 0 radical (unpaired) electrons. The van der Waals surface area contributed by atoms with Crippen LogP contribution < -0.4 is 0 Å². The van der Waals surface area contributed by atoms with Crippen LogP contribution in [-0.2, 0) is 9.53 Å². The normalized spacial score (nSPS) is 22.5. The summed E-state index contributed by atoms with van der Waals surface area (Å²) in [6.07, 6.45) is 2.13. The zero-order chi connectivity index (χ0) is 15.9. The first-order valence-corrected chi connectivity index (χ1v) is 7.78. The zero-order valence-electron chi connectivity index (χ0n) is 13.5. The average Bonchev–Trinajstić information content (AvgIpc) is 2.99. The first-order chi connectivity index (χ1) is 10.5. The molecule has 2 aliphatic heterocycles. The van der Waals surface area contributed by atoms with Crippen molar-refractivity contribution in [2.75, 3.05) is 33.5 Å². The quantitative estimate of drug-likeness (QED) is 0.828. The number of aryl methyl sites for hydroxylation is 1. The minimum Gasteiger partial charge on any atom is -0.379 e. The lowest BCUT2D eigenvalue weighted by atomic mass is 10.1. The Hall–Kier alpha value is -1.82. The first kappa shape index (κ1) is 15.1. The van der Waals surface area contributed by atoms with E-state index >= 15 is 0 Å². The van der Waals surface area contributed by atoms with Crippen LogP contribution in [0.15, 0.2) is 6.07 Å². The summed E-state index contributed by atoms with van der Waals surface area (Å²) in [6.45, 7) is 6.08. The number of aromatic nitrogens is 1. The predicted octanol–water partition coefficient (Wildman–Crippen LogP) is 1.33. The minimum absolute atomic E-state index is 0.0113. The van der Waals surface area contributed by atoms with E-state index in [0.29, 0.717) is 24.9 Å². The smallest absolute Gasteiger partial charge is 0.257 e. The summed E-state index contributed by atoms with van der Waals surface area (Å²) in [6, 6.07) is 2.24. The standard InChI is InChI=1S/C16H23N3O3/c1-11-7-14(16(21)18-8-15(20)17(3)10-18)12(2)19(11)13-5-4-6-22-9-13/h7,13H,4-6,8-10H2,1-3H3. The van der Waals surface area contributed by atoms with Crippen LogP contribution in [0.5, 0.6) is 0 Å². The fraction of sp³-hybridized carbons (Fsp3) is 0.625. The van der Waals surface area contributed by atoms with Crippen molar-refractivity contribution in [1.82, 2.24) is 14.4 Å². The number of rotatable bonds is 2. The Balaban J connectivity index is 1.85. The Morgan fingerprint density at radius 2 is 2.14 bits per heavy atom. The molecule has 0 saturated carbocycles. The van der Waals surface area contributed by atoms with Gasteiger partial charge in [-0.25, -0.2) is 0 Å². The molecule has 120 valence electrons. The molecule has 6 heteroatoms. The maximum Gasteiger partial charge on any atom is 0.257 e. The van der Waals surface area contributed by atoms with E-state index in [-0.39, 0.29) is 18.4 Å². The van der Waals surface area contributed by atoms with Crippen LogP contribution >= 0.6 is 0 Å². The lowest BCUT2D eigenvalue weighted by Gasteiger charge is -2.26. The van der Waals surface area contributed by atoms with Gasteiger partial charge < -0.3 is 19.1 Å². The van der Waals surface area contributed by atoms with Gasteiger partial charge in [0.05, 0.1) is 24.9 Å². The van der Waals surface area contributed by atoms with Gasteiger partial charge in [0, 0.05) is 25.0 Å². The highest BCUT2D eigenvalue weighted by atomic mass is 16.5. The van der Waals surface area contributed by atoms with Gasteiger partial charge in [-0.05, 0) is 32.8 Å². The average molecular weight is 305 g/mol. The second-order valence-electron chi connectivity index (χ2n) is 6.26. The van der Waals surface area contributed by atoms with Gasteiger partial charge in [0.2, 0.25) is 5.91 Å². The Morgan fingerprint density at radius 1 is 1.36 bits per heavy atom. The van der Waals surface area contributed by atoms with E-state index in [1.807, 2.05) is 19.9 Å². The van der Waals surface area contributed by atoms with Crippen LogP contribution in [0.3, 0.4) is 0 Å². The summed E-state index contributed by atoms with van der Waals surface area (Å²) in [7, 11) is 1.72. The van der Waals surface area contributed by atoms with Crippen LogP contribution in [0.1, 0.15) is 40.6 Å². The molecular formula is C16H23N3O3. The van der Waals surface area contributed by atoms with Crippen molar-refractivity contribution < 1.29 is 14.3 Å². The molecule has 2 aliphatic rings. The van der Waals surface area contributed by atoms with Crippen molar-refractivity contribution in [3.05, 3.63) is 23.0 Å². The Labute approximate surface area is 130 Å². The van der Waals surface area contributed by atoms with E-state index in [1.165, 1.54) is 0 Å². The van der Waals surface area contributed by atoms with E-state index in [1.54, 1.807) is 16.8 Å². The molecule has 3 heterocycles. The van der Waals surface area contributed by atoms with Gasteiger partial charge in [-0.3, -0.25) is 9.59 Å². The molecule has 3 rings (SSSR count). The Morgan fingerprint density at radius 3 is 2.73 bits per heavy atom. The molecule has 1 aromatic heterocycles. The molecule has 22 heavy (non-hydrogen) atoms. The number of hydrogen-bond donors (Lipinski definition) is 0. The fourth-order valence-corrected chi connectivity index (χ4v) is 3.46. The molecule has 0 aliphatic carbocycles. The van der Waals surface area contributed by atoms with Gasteiger partial charge in [-0.15, -0.1) is 0 Å². The van der Waals surface area contributed by atoms with Crippen molar-refractivity contribution in [3.63, 3.8) is 0 Å². The summed E-state index contributed by atoms with van der Waals surface area (Å²) in [5, 5.41) is 0. The third-order valence-corrected chi connectivity index (χ3v) is 4.64. The molecule has 0 bridgehead atoms. The van der Waals surface area contributed by atoms with Gasteiger partial charge in [0.15, 0.2) is 0 Å². The third kappa shape index (κ3) is 2.52. The molecule has 6 nitrogen and oxygen atoms in total. The van der Waals surface area contributed by atoms with Crippen LogP contribution in [0.4, 0.5) is 0 Å². The summed E-state index contributed by atoms with van der Waals surface area (Å²) in [5.41, 5.74) is 2.75. The summed E-state index contributed by atoms with van der Waals surface area (Å²) in [5.74, 6) is -0.0726. The fourth-order valence-electron chi connectivity index (χ4n) is 3.46. The van der Waals surface area contributed by atoms with Crippen LogP contribution in [0.2, 0.25) is 0 Å². The molecule has 0 N–H and O–H groups in total. The molecule has 1 aromatic rings. The number of amides is 2. The maximum atomic E-state index is 12.7. The Kier molecular flexibility index (Phi) is 3.95.